The molecule has 0 unspecified atom stereocenters. The Bertz CT molecular complexity index is 708. The molecule has 1 aromatic heterocycles. The van der Waals surface area contributed by atoms with Gasteiger partial charge in [-0.25, -0.2) is 8.42 Å². The lowest BCUT2D eigenvalue weighted by Crippen LogP contribution is -2.12. The SMILES string of the molecule is CSc1ccccc1NS(=O)(=O)c1cc(C)c(CN)s1. The third kappa shape index (κ3) is 3.17. The quantitative estimate of drug-likeness (QED) is 0.828. The first-order valence-corrected chi connectivity index (χ1v) is 9.45. The molecule has 0 saturated heterocycles. The molecule has 2 rings (SSSR count). The molecule has 7 heteroatoms. The van der Waals surface area contributed by atoms with E-state index in [1.807, 2.05) is 31.4 Å². The maximum atomic E-state index is 12.4. The molecule has 0 amide bonds. The molecule has 0 spiro atoms. The average Bonchev–Trinajstić information content (AvgIpc) is 2.81. The van der Waals surface area contributed by atoms with Gasteiger partial charge < -0.3 is 5.73 Å². The van der Waals surface area contributed by atoms with Crippen LogP contribution in [0.4, 0.5) is 5.69 Å². The lowest BCUT2D eigenvalue weighted by molar-refractivity contribution is 0.603. The van der Waals surface area contributed by atoms with Crippen molar-refractivity contribution in [1.82, 2.24) is 0 Å². The summed E-state index contributed by atoms with van der Waals surface area (Å²) >= 11 is 2.72. The molecule has 0 bridgehead atoms. The molecule has 0 aliphatic heterocycles. The predicted octanol–water partition coefficient (Wildman–Crippen LogP) is 3.04. The zero-order valence-corrected chi connectivity index (χ0v) is 13.7. The Morgan fingerprint density at radius 2 is 2.05 bits per heavy atom. The van der Waals surface area contributed by atoms with Crippen LogP contribution in [0.3, 0.4) is 0 Å². The van der Waals surface area contributed by atoms with E-state index < -0.39 is 10.0 Å². The number of thiophene rings is 1. The number of anilines is 1. The van der Waals surface area contributed by atoms with E-state index in [2.05, 4.69) is 4.72 Å². The summed E-state index contributed by atoms with van der Waals surface area (Å²) in [5, 5.41) is 0. The van der Waals surface area contributed by atoms with Gasteiger partial charge in [-0.2, -0.15) is 0 Å². The lowest BCUT2D eigenvalue weighted by atomic mass is 10.3. The summed E-state index contributed by atoms with van der Waals surface area (Å²) in [6, 6.07) is 8.99. The van der Waals surface area contributed by atoms with Gasteiger partial charge in [-0.15, -0.1) is 23.1 Å². The van der Waals surface area contributed by atoms with Gasteiger partial charge in [0, 0.05) is 16.3 Å². The lowest BCUT2D eigenvalue weighted by Gasteiger charge is -2.09. The zero-order chi connectivity index (χ0) is 14.8. The van der Waals surface area contributed by atoms with Crippen molar-refractivity contribution in [2.75, 3.05) is 11.0 Å². The van der Waals surface area contributed by atoms with Crippen LogP contribution in [0.1, 0.15) is 10.4 Å². The van der Waals surface area contributed by atoms with E-state index in [9.17, 15) is 8.42 Å². The van der Waals surface area contributed by atoms with E-state index in [-0.39, 0.29) is 0 Å². The van der Waals surface area contributed by atoms with Gasteiger partial charge in [0.2, 0.25) is 0 Å². The van der Waals surface area contributed by atoms with Crippen molar-refractivity contribution in [3.8, 4) is 0 Å². The van der Waals surface area contributed by atoms with Crippen LogP contribution in [0, 0.1) is 6.92 Å². The van der Waals surface area contributed by atoms with Crippen LogP contribution in [-0.2, 0) is 16.6 Å². The van der Waals surface area contributed by atoms with E-state index in [0.29, 0.717) is 16.4 Å². The number of nitrogens with one attached hydrogen (secondary N) is 1. The van der Waals surface area contributed by atoms with Crippen molar-refractivity contribution in [3.63, 3.8) is 0 Å². The average molecular weight is 328 g/mol. The summed E-state index contributed by atoms with van der Waals surface area (Å²) in [5.74, 6) is 0. The minimum Gasteiger partial charge on any atom is -0.326 e. The number of hydrogen-bond acceptors (Lipinski definition) is 5. The summed E-state index contributed by atoms with van der Waals surface area (Å²) in [6.45, 7) is 2.22. The number of benzene rings is 1. The van der Waals surface area contributed by atoms with Crippen LogP contribution >= 0.6 is 23.1 Å². The van der Waals surface area contributed by atoms with Crippen LogP contribution in [0.5, 0.6) is 0 Å². The highest BCUT2D eigenvalue weighted by molar-refractivity contribution is 7.99. The van der Waals surface area contributed by atoms with Crippen LogP contribution in [-0.4, -0.2) is 14.7 Å². The fourth-order valence-electron chi connectivity index (χ4n) is 1.75. The van der Waals surface area contributed by atoms with Crippen LogP contribution in [0.15, 0.2) is 39.4 Å². The molecule has 1 heterocycles. The van der Waals surface area contributed by atoms with Crippen molar-refractivity contribution in [1.29, 1.82) is 0 Å². The Kier molecular flexibility index (Phi) is 4.74. The number of hydrogen-bond donors (Lipinski definition) is 2. The molecule has 0 fully saturated rings. The minimum absolute atomic E-state index is 0.298. The first-order chi connectivity index (χ1) is 9.47. The number of aryl methyl sites for hydroxylation is 1. The molecular weight excluding hydrogens is 312 g/mol. The van der Waals surface area contributed by atoms with Gasteiger partial charge in [-0.05, 0) is 36.9 Å². The molecule has 20 heavy (non-hydrogen) atoms. The fraction of sp³-hybridized carbons (Fsp3) is 0.231. The second kappa shape index (κ2) is 6.17. The summed E-state index contributed by atoms with van der Waals surface area (Å²) < 4.78 is 27.7. The molecule has 108 valence electrons. The van der Waals surface area contributed by atoms with Gasteiger partial charge in [0.25, 0.3) is 10.0 Å². The van der Waals surface area contributed by atoms with Gasteiger partial charge >= 0.3 is 0 Å². The van der Waals surface area contributed by atoms with Crippen molar-refractivity contribution < 1.29 is 8.42 Å². The third-order valence-electron chi connectivity index (χ3n) is 2.80. The second-order valence-corrected chi connectivity index (χ2v) is 8.08. The Hall–Kier alpha value is -1.02. The number of para-hydroxylation sites is 1. The molecular formula is C13H16N2O2S3. The van der Waals surface area contributed by atoms with E-state index in [0.717, 1.165) is 15.3 Å². The molecule has 0 radical (unpaired) electrons. The molecule has 3 N–H and O–H groups in total. The Morgan fingerprint density at radius 3 is 2.65 bits per heavy atom. The van der Waals surface area contributed by atoms with E-state index in [4.69, 9.17) is 5.73 Å². The standard InChI is InChI=1S/C13H16N2O2S3/c1-9-7-13(19-12(9)8-14)20(16,17)15-10-5-3-4-6-11(10)18-2/h3-7,15H,8,14H2,1-2H3. The Labute approximate surface area is 127 Å². The minimum atomic E-state index is -3.56. The van der Waals surface area contributed by atoms with E-state index >= 15 is 0 Å². The smallest absolute Gasteiger partial charge is 0.271 e. The van der Waals surface area contributed by atoms with Gasteiger partial charge in [0.05, 0.1) is 5.69 Å². The van der Waals surface area contributed by atoms with Gasteiger partial charge in [-0.3, -0.25) is 4.72 Å². The molecule has 0 aliphatic carbocycles. The predicted molar refractivity (Wildman–Crippen MR) is 86.0 cm³/mol. The largest absolute Gasteiger partial charge is 0.326 e. The summed E-state index contributed by atoms with van der Waals surface area (Å²) in [6.07, 6.45) is 1.91. The van der Waals surface area contributed by atoms with Crippen LogP contribution < -0.4 is 10.5 Å². The first kappa shape index (κ1) is 15.4. The van der Waals surface area contributed by atoms with Crippen molar-refractivity contribution >= 4 is 38.8 Å². The van der Waals surface area contributed by atoms with E-state index in [1.165, 1.54) is 23.1 Å². The van der Waals surface area contributed by atoms with Crippen LogP contribution in [0.2, 0.25) is 0 Å². The molecule has 1 aromatic carbocycles. The molecule has 2 aromatic rings. The number of thioether (sulfide) groups is 1. The molecule has 0 aliphatic rings. The first-order valence-electron chi connectivity index (χ1n) is 5.93. The maximum Gasteiger partial charge on any atom is 0.271 e. The van der Waals surface area contributed by atoms with Crippen molar-refractivity contribution in [2.24, 2.45) is 5.73 Å². The van der Waals surface area contributed by atoms with Gasteiger partial charge in [0.15, 0.2) is 0 Å². The monoisotopic (exact) mass is 328 g/mol. The Balaban J connectivity index is 2.35. The Morgan fingerprint density at radius 1 is 1.35 bits per heavy atom. The summed E-state index contributed by atoms with van der Waals surface area (Å²) in [4.78, 5) is 1.78. The third-order valence-corrected chi connectivity index (χ3v) is 6.69. The molecule has 0 atom stereocenters. The normalized spacial score (nSPS) is 11.6. The number of sulfonamides is 1. The molecule has 0 saturated carbocycles. The second-order valence-electron chi connectivity index (χ2n) is 4.18. The zero-order valence-electron chi connectivity index (χ0n) is 11.2. The topological polar surface area (TPSA) is 72.2 Å². The highest BCUT2D eigenvalue weighted by Gasteiger charge is 2.19. The maximum absolute atomic E-state index is 12.4. The van der Waals surface area contributed by atoms with Crippen molar-refractivity contribution in [3.05, 3.63) is 40.8 Å². The summed E-state index contributed by atoms with van der Waals surface area (Å²) in [7, 11) is -3.56. The fourth-order valence-corrected chi connectivity index (χ4v) is 4.91. The number of rotatable bonds is 5. The van der Waals surface area contributed by atoms with Gasteiger partial charge in [-0.1, -0.05) is 12.1 Å². The van der Waals surface area contributed by atoms with Crippen molar-refractivity contribution in [2.45, 2.75) is 22.6 Å². The van der Waals surface area contributed by atoms with Gasteiger partial charge in [0.1, 0.15) is 4.21 Å². The highest BCUT2D eigenvalue weighted by Crippen LogP contribution is 2.30. The number of nitrogens with two attached hydrogens (primary N) is 1. The van der Waals surface area contributed by atoms with E-state index in [1.54, 1.807) is 12.1 Å². The molecule has 4 nitrogen and oxygen atoms in total. The van der Waals surface area contributed by atoms with Crippen LogP contribution in [0.25, 0.3) is 0 Å². The highest BCUT2D eigenvalue weighted by atomic mass is 32.2. The summed E-state index contributed by atoms with van der Waals surface area (Å²) in [5.41, 5.74) is 7.11.